The number of pyridine rings is 1. The minimum Gasteiger partial charge on any atom is -0.492 e. The number of fused-ring (bicyclic) bond motifs is 1. The first kappa shape index (κ1) is 11.5. The van der Waals surface area contributed by atoms with Crippen LogP contribution in [-0.4, -0.2) is 24.7 Å². The molecule has 1 aromatic heterocycles. The molecule has 1 aliphatic heterocycles. The van der Waals surface area contributed by atoms with Crippen molar-refractivity contribution in [3.8, 4) is 5.75 Å². The lowest BCUT2D eigenvalue weighted by Crippen LogP contribution is -2.08. The van der Waals surface area contributed by atoms with Crippen molar-refractivity contribution in [2.45, 2.75) is 19.3 Å². The van der Waals surface area contributed by atoms with Crippen molar-refractivity contribution in [2.75, 3.05) is 19.7 Å². The standard InChI is InChI=1S/C15H18N2O/c1-2-18-14-6-5-12(11-7-9-16-10-11)13-4-3-8-17-15(13)14/h3-6,8,11,16H,2,7,9-10H2,1H3. The number of rotatable bonds is 3. The molecule has 2 aromatic rings. The lowest BCUT2D eigenvalue weighted by atomic mass is 9.94. The fourth-order valence-corrected chi connectivity index (χ4v) is 2.72. The van der Waals surface area contributed by atoms with E-state index in [4.69, 9.17) is 4.74 Å². The maximum atomic E-state index is 5.66. The van der Waals surface area contributed by atoms with Gasteiger partial charge >= 0.3 is 0 Å². The summed E-state index contributed by atoms with van der Waals surface area (Å²) < 4.78 is 5.66. The van der Waals surface area contributed by atoms with Gasteiger partial charge in [0.2, 0.25) is 0 Å². The number of hydrogen-bond donors (Lipinski definition) is 1. The van der Waals surface area contributed by atoms with Crippen LogP contribution in [0.5, 0.6) is 5.75 Å². The third kappa shape index (κ3) is 1.95. The highest BCUT2D eigenvalue weighted by Gasteiger charge is 2.20. The molecule has 1 aliphatic rings. The van der Waals surface area contributed by atoms with Crippen LogP contribution in [0.3, 0.4) is 0 Å². The fourth-order valence-electron chi connectivity index (χ4n) is 2.72. The summed E-state index contributed by atoms with van der Waals surface area (Å²) in [7, 11) is 0. The Bertz CT molecular complexity index is 547. The summed E-state index contributed by atoms with van der Waals surface area (Å²) in [6.07, 6.45) is 3.04. The van der Waals surface area contributed by atoms with Crippen LogP contribution in [0.15, 0.2) is 30.5 Å². The van der Waals surface area contributed by atoms with E-state index in [-0.39, 0.29) is 0 Å². The van der Waals surface area contributed by atoms with Gasteiger partial charge in [-0.1, -0.05) is 12.1 Å². The average Bonchev–Trinajstić information content (AvgIpc) is 2.93. The maximum absolute atomic E-state index is 5.66. The largest absolute Gasteiger partial charge is 0.492 e. The van der Waals surface area contributed by atoms with Crippen LogP contribution in [0, 0.1) is 0 Å². The Hall–Kier alpha value is -1.61. The van der Waals surface area contributed by atoms with Crippen LogP contribution in [0.25, 0.3) is 10.9 Å². The second-order valence-corrected chi connectivity index (χ2v) is 4.68. The van der Waals surface area contributed by atoms with Crippen LogP contribution < -0.4 is 10.1 Å². The van der Waals surface area contributed by atoms with Crippen LogP contribution in [0.1, 0.15) is 24.8 Å². The number of ether oxygens (including phenoxy) is 1. The highest BCUT2D eigenvalue weighted by Crippen LogP contribution is 2.33. The van der Waals surface area contributed by atoms with Crippen LogP contribution >= 0.6 is 0 Å². The number of hydrogen-bond acceptors (Lipinski definition) is 3. The molecule has 18 heavy (non-hydrogen) atoms. The molecule has 0 amide bonds. The van der Waals surface area contributed by atoms with Crippen molar-refractivity contribution < 1.29 is 4.74 Å². The smallest absolute Gasteiger partial charge is 0.145 e. The predicted molar refractivity (Wildman–Crippen MR) is 73.1 cm³/mol. The molecular weight excluding hydrogens is 224 g/mol. The van der Waals surface area contributed by atoms with Crippen LogP contribution in [-0.2, 0) is 0 Å². The van der Waals surface area contributed by atoms with Crippen molar-refractivity contribution in [3.05, 3.63) is 36.0 Å². The minimum atomic E-state index is 0.604. The van der Waals surface area contributed by atoms with E-state index in [1.165, 1.54) is 17.4 Å². The molecule has 1 unspecified atom stereocenters. The Labute approximate surface area is 107 Å². The third-order valence-corrected chi connectivity index (χ3v) is 3.57. The van der Waals surface area contributed by atoms with Crippen molar-refractivity contribution in [1.29, 1.82) is 0 Å². The van der Waals surface area contributed by atoms with Crippen LogP contribution in [0.4, 0.5) is 0 Å². The van der Waals surface area contributed by atoms with Gasteiger partial charge in [-0.3, -0.25) is 4.98 Å². The molecule has 1 aromatic carbocycles. The first-order valence-electron chi connectivity index (χ1n) is 6.61. The first-order valence-corrected chi connectivity index (χ1v) is 6.61. The Morgan fingerprint density at radius 1 is 1.39 bits per heavy atom. The Kier molecular flexibility index (Phi) is 3.15. The van der Waals surface area contributed by atoms with Gasteiger partial charge < -0.3 is 10.1 Å². The fraction of sp³-hybridized carbons (Fsp3) is 0.400. The summed E-state index contributed by atoms with van der Waals surface area (Å²) in [4.78, 5) is 4.49. The molecule has 3 nitrogen and oxygen atoms in total. The van der Waals surface area contributed by atoms with Gasteiger partial charge in [-0.25, -0.2) is 0 Å². The highest BCUT2D eigenvalue weighted by atomic mass is 16.5. The molecule has 0 saturated carbocycles. The van der Waals surface area contributed by atoms with Crippen molar-refractivity contribution in [2.24, 2.45) is 0 Å². The number of nitrogens with one attached hydrogen (secondary N) is 1. The van der Waals surface area contributed by atoms with E-state index in [1.807, 2.05) is 19.2 Å². The molecule has 0 bridgehead atoms. The summed E-state index contributed by atoms with van der Waals surface area (Å²) in [5, 5.41) is 4.66. The molecule has 1 atom stereocenters. The van der Waals surface area contributed by atoms with Crippen molar-refractivity contribution in [3.63, 3.8) is 0 Å². The molecule has 0 radical (unpaired) electrons. The number of benzene rings is 1. The minimum absolute atomic E-state index is 0.604. The zero-order valence-electron chi connectivity index (χ0n) is 10.6. The predicted octanol–water partition coefficient (Wildman–Crippen LogP) is 2.71. The molecule has 0 spiro atoms. The quantitative estimate of drug-likeness (QED) is 0.898. The van der Waals surface area contributed by atoms with Crippen molar-refractivity contribution >= 4 is 10.9 Å². The monoisotopic (exact) mass is 242 g/mol. The molecule has 94 valence electrons. The Morgan fingerprint density at radius 2 is 2.33 bits per heavy atom. The summed E-state index contributed by atoms with van der Waals surface area (Å²) in [6.45, 7) is 4.86. The summed E-state index contributed by atoms with van der Waals surface area (Å²) in [5.74, 6) is 1.50. The first-order chi connectivity index (χ1) is 8.90. The van der Waals surface area contributed by atoms with Gasteiger partial charge in [-0.05, 0) is 43.5 Å². The van der Waals surface area contributed by atoms with E-state index >= 15 is 0 Å². The molecule has 1 fully saturated rings. The average molecular weight is 242 g/mol. The summed E-state index contributed by atoms with van der Waals surface area (Å²) in [5.41, 5.74) is 2.38. The molecule has 3 rings (SSSR count). The molecule has 3 heteroatoms. The van der Waals surface area contributed by atoms with E-state index in [2.05, 4.69) is 28.5 Å². The summed E-state index contributed by atoms with van der Waals surface area (Å²) >= 11 is 0. The topological polar surface area (TPSA) is 34.1 Å². The van der Waals surface area contributed by atoms with E-state index in [0.717, 1.165) is 24.4 Å². The zero-order chi connectivity index (χ0) is 12.4. The number of nitrogens with zero attached hydrogens (tertiary/aromatic N) is 1. The van der Waals surface area contributed by atoms with E-state index in [9.17, 15) is 0 Å². The van der Waals surface area contributed by atoms with Gasteiger partial charge in [0.15, 0.2) is 0 Å². The second kappa shape index (κ2) is 4.94. The highest BCUT2D eigenvalue weighted by molar-refractivity contribution is 5.88. The second-order valence-electron chi connectivity index (χ2n) is 4.68. The zero-order valence-corrected chi connectivity index (χ0v) is 10.6. The van der Waals surface area contributed by atoms with Gasteiger partial charge in [0.05, 0.1) is 6.61 Å². The van der Waals surface area contributed by atoms with Gasteiger partial charge in [0.1, 0.15) is 11.3 Å². The van der Waals surface area contributed by atoms with E-state index in [1.54, 1.807) is 0 Å². The number of aromatic nitrogens is 1. The summed E-state index contributed by atoms with van der Waals surface area (Å²) in [6, 6.07) is 8.42. The van der Waals surface area contributed by atoms with Gasteiger partial charge in [0, 0.05) is 18.1 Å². The Balaban J connectivity index is 2.13. The third-order valence-electron chi connectivity index (χ3n) is 3.57. The normalized spacial score (nSPS) is 19.3. The van der Waals surface area contributed by atoms with Crippen molar-refractivity contribution in [1.82, 2.24) is 10.3 Å². The lowest BCUT2D eigenvalue weighted by Gasteiger charge is -2.14. The molecule has 2 heterocycles. The lowest BCUT2D eigenvalue weighted by molar-refractivity contribution is 0.343. The van der Waals surface area contributed by atoms with E-state index in [0.29, 0.717) is 12.5 Å². The van der Waals surface area contributed by atoms with Gasteiger partial charge in [-0.15, -0.1) is 0 Å². The van der Waals surface area contributed by atoms with Crippen LogP contribution in [0.2, 0.25) is 0 Å². The maximum Gasteiger partial charge on any atom is 0.145 e. The van der Waals surface area contributed by atoms with Gasteiger partial charge in [0.25, 0.3) is 0 Å². The molecule has 1 saturated heterocycles. The van der Waals surface area contributed by atoms with Gasteiger partial charge in [-0.2, -0.15) is 0 Å². The molecule has 0 aliphatic carbocycles. The SMILES string of the molecule is CCOc1ccc(C2CCNC2)c2cccnc12. The van der Waals surface area contributed by atoms with E-state index < -0.39 is 0 Å². The Morgan fingerprint density at radius 3 is 3.11 bits per heavy atom. The molecule has 1 N–H and O–H groups in total. The molecular formula is C15H18N2O.